The van der Waals surface area contributed by atoms with Crippen LogP contribution in [-0.4, -0.2) is 0 Å². The van der Waals surface area contributed by atoms with Crippen LogP contribution in [0.1, 0.15) is 6.92 Å². The molecule has 0 atom stereocenters. The van der Waals surface area contributed by atoms with Crippen LogP contribution < -0.4 is 4.57 Å². The van der Waals surface area contributed by atoms with E-state index in [2.05, 4.69) is 126 Å². The lowest BCUT2D eigenvalue weighted by molar-refractivity contribution is -0.678. The minimum atomic E-state index is 0.946. The first-order valence-corrected chi connectivity index (χ1v) is 11.5. The summed E-state index contributed by atoms with van der Waals surface area (Å²) in [7, 11) is 0. The van der Waals surface area contributed by atoms with Gasteiger partial charge in [0, 0.05) is 0 Å². The van der Waals surface area contributed by atoms with E-state index in [1.165, 1.54) is 44.0 Å². The summed E-state index contributed by atoms with van der Waals surface area (Å²) in [5, 5.41) is 3.48. The van der Waals surface area contributed by atoms with Crippen molar-refractivity contribution in [2.45, 2.75) is 13.5 Å². The molecule has 0 spiro atoms. The van der Waals surface area contributed by atoms with E-state index >= 15 is 0 Å². The van der Waals surface area contributed by atoms with Crippen molar-refractivity contribution in [3.05, 3.63) is 115 Å². The van der Waals surface area contributed by atoms with Gasteiger partial charge in [-0.1, -0.05) is 102 Å². The average molecular weight is 419 g/mol. The molecule has 0 radical (unpaired) electrons. The van der Waals surface area contributed by atoms with Crippen LogP contribution in [0, 0.1) is 0 Å². The Bertz CT molecular complexity index is 1230. The fourth-order valence-electron chi connectivity index (χ4n) is 4.12. The molecule has 0 N–H and O–H groups in total. The van der Waals surface area contributed by atoms with Crippen LogP contribution in [0.3, 0.4) is 0 Å². The van der Waals surface area contributed by atoms with Gasteiger partial charge in [-0.15, -0.1) is 0 Å². The van der Waals surface area contributed by atoms with Gasteiger partial charge in [0.15, 0.2) is 6.20 Å². The number of rotatable bonds is 5. The van der Waals surface area contributed by atoms with Crippen molar-refractivity contribution >= 4 is 11.3 Å². The van der Waals surface area contributed by atoms with Gasteiger partial charge in [-0.25, -0.2) is 0 Å². The topological polar surface area (TPSA) is 3.88 Å². The second-order valence-corrected chi connectivity index (χ2v) is 8.43. The Hall–Kier alpha value is -3.49. The summed E-state index contributed by atoms with van der Waals surface area (Å²) < 4.78 is 2.35. The zero-order chi connectivity index (χ0) is 21.0. The molecule has 5 rings (SSSR count). The molecule has 1 aromatic heterocycles. The quantitative estimate of drug-likeness (QED) is 0.257. The van der Waals surface area contributed by atoms with Gasteiger partial charge < -0.3 is 0 Å². The summed E-state index contributed by atoms with van der Waals surface area (Å²) in [6.45, 7) is 3.15. The zero-order valence-electron chi connectivity index (χ0n) is 17.5. The smallest absolute Gasteiger partial charge is 0.189 e. The first-order valence-electron chi connectivity index (χ1n) is 10.7. The van der Waals surface area contributed by atoms with E-state index in [0.717, 1.165) is 6.54 Å². The first kappa shape index (κ1) is 19.5. The molecule has 0 fully saturated rings. The molecule has 0 saturated heterocycles. The summed E-state index contributed by atoms with van der Waals surface area (Å²) in [4.78, 5) is 0. The first-order chi connectivity index (χ1) is 15.3. The molecule has 5 aromatic rings. The minimum absolute atomic E-state index is 0.946. The van der Waals surface area contributed by atoms with Gasteiger partial charge in [-0.3, -0.25) is 0 Å². The highest BCUT2D eigenvalue weighted by atomic mass is 32.1. The lowest BCUT2D eigenvalue weighted by atomic mass is 9.88. The zero-order valence-corrected chi connectivity index (χ0v) is 18.3. The summed E-state index contributed by atoms with van der Waals surface area (Å²) in [6.07, 6.45) is 2.19. The van der Waals surface area contributed by atoms with E-state index in [4.69, 9.17) is 0 Å². The number of aromatic nitrogens is 1. The van der Waals surface area contributed by atoms with Crippen LogP contribution in [0.25, 0.3) is 44.0 Å². The van der Waals surface area contributed by atoms with Crippen LogP contribution in [0.5, 0.6) is 0 Å². The van der Waals surface area contributed by atoms with Crippen LogP contribution >= 0.6 is 11.3 Å². The number of benzene rings is 4. The summed E-state index contributed by atoms with van der Waals surface area (Å²) in [5.41, 5.74) is 8.79. The molecule has 150 valence electrons. The van der Waals surface area contributed by atoms with E-state index in [1.54, 1.807) is 0 Å². The molecule has 0 bridgehead atoms. The lowest BCUT2D eigenvalue weighted by Gasteiger charge is -2.16. The average Bonchev–Trinajstić information content (AvgIpc) is 3.33. The molecule has 4 aromatic carbocycles. The molecule has 0 unspecified atom stereocenters. The van der Waals surface area contributed by atoms with Crippen molar-refractivity contribution in [3.63, 3.8) is 0 Å². The summed E-state index contributed by atoms with van der Waals surface area (Å²) in [6, 6.07) is 36.9. The number of hydrogen-bond acceptors (Lipinski definition) is 1. The molecule has 0 amide bonds. The molecule has 0 aliphatic heterocycles. The maximum atomic E-state index is 2.35. The van der Waals surface area contributed by atoms with E-state index in [9.17, 15) is 0 Å². The molecule has 0 saturated carbocycles. The van der Waals surface area contributed by atoms with Crippen LogP contribution in [0.15, 0.2) is 115 Å². The maximum Gasteiger partial charge on any atom is 0.270 e. The van der Waals surface area contributed by atoms with Gasteiger partial charge in [0.25, 0.3) is 5.01 Å². The van der Waals surface area contributed by atoms with Crippen LogP contribution in [0.4, 0.5) is 0 Å². The third-order valence-electron chi connectivity index (χ3n) is 5.65. The fraction of sp³-hybridized carbons (Fsp3) is 0.0690. The highest BCUT2D eigenvalue weighted by Gasteiger charge is 2.24. The van der Waals surface area contributed by atoms with Crippen molar-refractivity contribution in [2.75, 3.05) is 0 Å². The molecule has 0 aliphatic rings. The Kier molecular flexibility index (Phi) is 5.47. The van der Waals surface area contributed by atoms with Gasteiger partial charge in [0.05, 0.1) is 10.9 Å². The summed E-state index contributed by atoms with van der Waals surface area (Å²) in [5.74, 6) is 0. The Morgan fingerprint density at radius 1 is 0.613 bits per heavy atom. The fourth-order valence-corrected chi connectivity index (χ4v) is 5.12. The highest BCUT2D eigenvalue weighted by Crippen LogP contribution is 2.43. The number of thiazole rings is 1. The van der Waals surface area contributed by atoms with E-state index in [0.29, 0.717) is 0 Å². The number of nitrogens with zero attached hydrogens (tertiary/aromatic N) is 1. The van der Waals surface area contributed by atoms with Crippen LogP contribution in [0.2, 0.25) is 0 Å². The third-order valence-corrected chi connectivity index (χ3v) is 6.57. The monoisotopic (exact) mass is 418 g/mol. The molecule has 1 nitrogen and oxygen atoms in total. The molecule has 0 aliphatic carbocycles. The van der Waals surface area contributed by atoms with E-state index in [1.807, 2.05) is 11.3 Å². The number of hydrogen-bond donors (Lipinski definition) is 0. The van der Waals surface area contributed by atoms with Gasteiger partial charge in [-0.2, -0.15) is 4.57 Å². The Labute approximate surface area is 187 Å². The largest absolute Gasteiger partial charge is 0.270 e. The minimum Gasteiger partial charge on any atom is -0.189 e. The van der Waals surface area contributed by atoms with Crippen LogP contribution in [-0.2, 0) is 6.54 Å². The van der Waals surface area contributed by atoms with Crippen molar-refractivity contribution < 1.29 is 4.57 Å². The molecule has 31 heavy (non-hydrogen) atoms. The summed E-state index contributed by atoms with van der Waals surface area (Å²) >= 11 is 1.81. The standard InChI is InChI=1S/C29H24NS/c1-2-30-18-19-31-29(30)28-26(23-14-8-4-9-15-23)20-25(22-12-6-3-7-13-22)21-27(28)24-16-10-5-11-17-24/h3-21H,2H2,1H3/q+1. The Balaban J connectivity index is 1.89. The molecule has 2 heteroatoms. The predicted molar refractivity (Wildman–Crippen MR) is 132 cm³/mol. The Morgan fingerprint density at radius 2 is 1.10 bits per heavy atom. The SMILES string of the molecule is CC[n+]1ccsc1-c1c(-c2ccccc2)cc(-c2ccccc2)cc1-c1ccccc1. The Morgan fingerprint density at radius 3 is 1.58 bits per heavy atom. The maximum absolute atomic E-state index is 2.35. The number of aryl methyl sites for hydroxylation is 1. The van der Waals surface area contributed by atoms with Gasteiger partial charge >= 0.3 is 0 Å². The second-order valence-electron chi connectivity index (χ2n) is 7.54. The predicted octanol–water partition coefficient (Wildman–Crippen LogP) is 7.72. The lowest BCUT2D eigenvalue weighted by Crippen LogP contribution is -2.31. The van der Waals surface area contributed by atoms with Gasteiger partial charge in [0.2, 0.25) is 0 Å². The van der Waals surface area contributed by atoms with Crippen molar-refractivity contribution in [1.82, 2.24) is 0 Å². The van der Waals surface area contributed by atoms with Crippen molar-refractivity contribution in [2.24, 2.45) is 0 Å². The second kappa shape index (κ2) is 8.71. The van der Waals surface area contributed by atoms with Crippen molar-refractivity contribution in [1.29, 1.82) is 0 Å². The van der Waals surface area contributed by atoms with E-state index in [-0.39, 0.29) is 0 Å². The van der Waals surface area contributed by atoms with E-state index < -0.39 is 0 Å². The highest BCUT2D eigenvalue weighted by molar-refractivity contribution is 7.12. The van der Waals surface area contributed by atoms with Gasteiger partial charge in [-0.05, 0) is 52.4 Å². The third kappa shape index (κ3) is 3.83. The molecular formula is C29H24NS+. The normalized spacial score (nSPS) is 10.9. The molecular weight excluding hydrogens is 394 g/mol. The molecule has 1 heterocycles. The van der Waals surface area contributed by atoms with Crippen molar-refractivity contribution in [3.8, 4) is 44.0 Å². The van der Waals surface area contributed by atoms with Gasteiger partial charge in [0.1, 0.15) is 6.54 Å².